The molecule has 0 spiro atoms. The maximum atomic E-state index is 12.8. The molecule has 6 rings (SSSR count). The molecule has 0 radical (unpaired) electrons. The molecule has 9 heteroatoms. The van der Waals surface area contributed by atoms with Crippen LogP contribution in [0.3, 0.4) is 0 Å². The molecule has 178 valence electrons. The fourth-order valence-electron chi connectivity index (χ4n) is 4.95. The zero-order valence-corrected chi connectivity index (χ0v) is 19.7. The number of fused-ring (bicyclic) bond motifs is 2. The maximum Gasteiger partial charge on any atom is 0.299 e. The predicted molar refractivity (Wildman–Crippen MR) is 136 cm³/mol. The molecule has 9 nitrogen and oxygen atoms in total. The van der Waals surface area contributed by atoms with Crippen LogP contribution in [0.2, 0.25) is 0 Å². The van der Waals surface area contributed by atoms with Crippen LogP contribution in [0.5, 0.6) is 0 Å². The van der Waals surface area contributed by atoms with Gasteiger partial charge in [0.15, 0.2) is 5.82 Å². The molecule has 1 aromatic carbocycles. The molecule has 1 saturated heterocycles. The van der Waals surface area contributed by atoms with Crippen molar-refractivity contribution in [2.24, 2.45) is 0 Å². The summed E-state index contributed by atoms with van der Waals surface area (Å²) in [6.45, 7) is 2.33. The Hall–Kier alpha value is -4.71. The molecule has 5 heterocycles. The Morgan fingerprint density at radius 2 is 2.06 bits per heavy atom. The van der Waals surface area contributed by atoms with E-state index in [1.54, 1.807) is 43.6 Å². The number of hydrogen-bond donors (Lipinski definition) is 2. The van der Waals surface area contributed by atoms with E-state index in [1.165, 1.54) is 0 Å². The van der Waals surface area contributed by atoms with Crippen LogP contribution in [0.15, 0.2) is 55.0 Å². The zero-order chi connectivity index (χ0) is 24.6. The van der Waals surface area contributed by atoms with Gasteiger partial charge in [-0.2, -0.15) is 0 Å². The topological polar surface area (TPSA) is 105 Å². The summed E-state index contributed by atoms with van der Waals surface area (Å²) < 4.78 is 2.02. The maximum absolute atomic E-state index is 12.8. The highest BCUT2D eigenvalue weighted by Gasteiger charge is 2.33. The van der Waals surface area contributed by atoms with E-state index >= 15 is 0 Å². The third kappa shape index (κ3) is 3.64. The Bertz CT molecular complexity index is 1570. The van der Waals surface area contributed by atoms with Gasteiger partial charge in [0.05, 0.1) is 11.7 Å². The summed E-state index contributed by atoms with van der Waals surface area (Å²) in [6.07, 6.45) is 8.01. The van der Waals surface area contributed by atoms with Crippen molar-refractivity contribution in [3.63, 3.8) is 0 Å². The highest BCUT2D eigenvalue weighted by Crippen LogP contribution is 2.43. The molecular formula is C27H23N7O2. The molecular weight excluding hydrogens is 454 g/mol. The standard InChI is InChI=1S/C27H23N7O2/c1-2-7-22(35)33-14-6-4-8-20(33)26-32-23-18-11-10-17(27(36)31-21-9-3-5-12-28-21)16-19(18)30-25-24(23)34(26)15-13-29-25/h3,5,9-13,15-16,20H,4,6,8,14H2,1H3,(H,29,30)(H,28,31,36). The van der Waals surface area contributed by atoms with Crippen LogP contribution < -0.4 is 10.6 Å². The van der Waals surface area contributed by atoms with Crippen molar-refractivity contribution in [2.75, 3.05) is 17.2 Å². The molecule has 0 bridgehead atoms. The number of piperidine rings is 1. The fraction of sp³-hybridized carbons (Fsp3) is 0.222. The number of carbonyl (C=O) groups is 2. The third-order valence-corrected chi connectivity index (χ3v) is 6.57. The lowest BCUT2D eigenvalue weighted by Crippen LogP contribution is -2.38. The van der Waals surface area contributed by atoms with Gasteiger partial charge in [0, 0.05) is 36.3 Å². The molecule has 0 saturated carbocycles. The molecule has 2 aliphatic heterocycles. The van der Waals surface area contributed by atoms with E-state index in [1.807, 2.05) is 27.6 Å². The quantitative estimate of drug-likeness (QED) is 0.378. The van der Waals surface area contributed by atoms with Gasteiger partial charge in [0.1, 0.15) is 22.9 Å². The summed E-state index contributed by atoms with van der Waals surface area (Å²) in [7, 11) is 0. The van der Waals surface area contributed by atoms with Gasteiger partial charge in [-0.3, -0.25) is 14.0 Å². The van der Waals surface area contributed by atoms with E-state index in [0.717, 1.165) is 47.5 Å². The number of carbonyl (C=O) groups excluding carboxylic acids is 2. The van der Waals surface area contributed by atoms with Gasteiger partial charge >= 0.3 is 0 Å². The number of benzene rings is 1. The van der Waals surface area contributed by atoms with Gasteiger partial charge in [-0.25, -0.2) is 15.0 Å². The molecule has 1 atom stereocenters. The number of likely N-dealkylation sites (tertiary alicyclic amines) is 1. The average Bonchev–Trinajstić information content (AvgIpc) is 3.30. The smallest absolute Gasteiger partial charge is 0.299 e. The summed E-state index contributed by atoms with van der Waals surface area (Å²) >= 11 is 0. The summed E-state index contributed by atoms with van der Waals surface area (Å²) in [5, 5.41) is 6.18. The van der Waals surface area contributed by atoms with Crippen LogP contribution in [-0.2, 0) is 4.79 Å². The number of nitrogens with one attached hydrogen (secondary N) is 2. The average molecular weight is 478 g/mol. The van der Waals surface area contributed by atoms with Crippen molar-refractivity contribution in [3.8, 4) is 23.1 Å². The Labute approximate surface area is 207 Å². The monoisotopic (exact) mass is 477 g/mol. The van der Waals surface area contributed by atoms with Crippen LogP contribution in [0.1, 0.15) is 48.4 Å². The van der Waals surface area contributed by atoms with Gasteiger partial charge in [-0.05, 0) is 62.4 Å². The van der Waals surface area contributed by atoms with Crippen molar-refractivity contribution in [1.29, 1.82) is 0 Å². The first kappa shape index (κ1) is 21.8. The number of rotatable bonds is 3. The highest BCUT2D eigenvalue weighted by molar-refractivity contribution is 6.07. The minimum absolute atomic E-state index is 0.173. The zero-order valence-electron chi connectivity index (χ0n) is 19.7. The van der Waals surface area contributed by atoms with Gasteiger partial charge in [-0.1, -0.05) is 12.0 Å². The number of nitrogens with zero attached hydrogens (tertiary/aromatic N) is 5. The largest absolute Gasteiger partial charge is 0.338 e. The Balaban J connectivity index is 1.40. The second-order valence-electron chi connectivity index (χ2n) is 8.75. The Morgan fingerprint density at radius 3 is 2.89 bits per heavy atom. The molecule has 2 N–H and O–H groups in total. The van der Waals surface area contributed by atoms with E-state index in [9.17, 15) is 9.59 Å². The Kier molecular flexibility index (Phi) is 5.34. The van der Waals surface area contributed by atoms with Crippen molar-refractivity contribution < 1.29 is 9.59 Å². The number of anilines is 3. The number of pyridine rings is 1. The first-order chi connectivity index (χ1) is 17.6. The molecule has 3 aromatic heterocycles. The highest BCUT2D eigenvalue weighted by atomic mass is 16.2. The number of aromatic nitrogens is 4. The van der Waals surface area contributed by atoms with E-state index in [4.69, 9.17) is 4.98 Å². The van der Waals surface area contributed by atoms with Crippen molar-refractivity contribution >= 4 is 34.7 Å². The minimum atomic E-state index is -0.255. The summed E-state index contributed by atoms with van der Waals surface area (Å²) in [6, 6.07) is 10.6. The number of hydrogen-bond acceptors (Lipinski definition) is 6. The van der Waals surface area contributed by atoms with E-state index in [0.29, 0.717) is 23.7 Å². The number of amides is 2. The van der Waals surface area contributed by atoms with E-state index in [-0.39, 0.29) is 17.9 Å². The summed E-state index contributed by atoms with van der Waals surface area (Å²) in [4.78, 5) is 41.2. The van der Waals surface area contributed by atoms with E-state index < -0.39 is 0 Å². The number of imidazole rings is 1. The second-order valence-corrected chi connectivity index (χ2v) is 8.75. The SMILES string of the molecule is CC#CC(=O)N1CCCCC1c1nc2c3c(nccn13)Nc1cc(C(=O)Nc3ccccn3)ccc1-2. The molecule has 36 heavy (non-hydrogen) atoms. The van der Waals surface area contributed by atoms with Gasteiger partial charge < -0.3 is 15.5 Å². The van der Waals surface area contributed by atoms with Crippen LogP contribution in [0, 0.1) is 11.8 Å². The second kappa shape index (κ2) is 8.82. The van der Waals surface area contributed by atoms with Crippen molar-refractivity contribution in [2.45, 2.75) is 32.2 Å². The minimum Gasteiger partial charge on any atom is -0.338 e. The van der Waals surface area contributed by atoms with Crippen molar-refractivity contribution in [3.05, 3.63) is 66.4 Å². The first-order valence-electron chi connectivity index (χ1n) is 11.9. The molecule has 2 amide bonds. The van der Waals surface area contributed by atoms with Gasteiger partial charge in [0.2, 0.25) is 0 Å². The van der Waals surface area contributed by atoms with Crippen molar-refractivity contribution in [1.82, 2.24) is 24.3 Å². The molecule has 1 fully saturated rings. The lowest BCUT2D eigenvalue weighted by molar-refractivity contribution is -0.129. The molecule has 2 aliphatic rings. The van der Waals surface area contributed by atoms with Crippen LogP contribution in [0.25, 0.3) is 16.8 Å². The molecule has 0 aliphatic carbocycles. The molecule has 4 aromatic rings. The summed E-state index contributed by atoms with van der Waals surface area (Å²) in [5.74, 6) is 6.92. The van der Waals surface area contributed by atoms with Gasteiger partial charge in [0.25, 0.3) is 11.8 Å². The lowest BCUT2D eigenvalue weighted by atomic mass is 10.0. The molecule has 1 unspecified atom stereocenters. The summed E-state index contributed by atoms with van der Waals surface area (Å²) in [5.41, 5.74) is 3.73. The van der Waals surface area contributed by atoms with Crippen LogP contribution in [-0.4, -0.2) is 42.6 Å². The van der Waals surface area contributed by atoms with Crippen LogP contribution in [0.4, 0.5) is 17.3 Å². The Morgan fingerprint density at radius 1 is 1.14 bits per heavy atom. The normalized spacial score (nSPS) is 15.9. The van der Waals surface area contributed by atoms with Crippen LogP contribution >= 0.6 is 0 Å². The predicted octanol–water partition coefficient (Wildman–Crippen LogP) is 4.18. The van der Waals surface area contributed by atoms with Gasteiger partial charge in [-0.15, -0.1) is 0 Å². The lowest BCUT2D eigenvalue weighted by Gasteiger charge is -2.33. The van der Waals surface area contributed by atoms with E-state index in [2.05, 4.69) is 32.4 Å². The first-order valence-corrected chi connectivity index (χ1v) is 11.9. The fourth-order valence-corrected chi connectivity index (χ4v) is 4.95. The third-order valence-electron chi connectivity index (χ3n) is 6.57.